The second kappa shape index (κ2) is 12.3. The summed E-state index contributed by atoms with van der Waals surface area (Å²) >= 11 is 0. The van der Waals surface area contributed by atoms with Crippen molar-refractivity contribution in [3.8, 4) is 0 Å². The largest absolute Gasteiger partial charge is 0.369 e. The zero-order valence-electron chi connectivity index (χ0n) is 25.4. The molecule has 8 nitrogen and oxygen atoms in total. The van der Waals surface area contributed by atoms with E-state index in [-0.39, 0.29) is 29.5 Å². The van der Waals surface area contributed by atoms with E-state index in [9.17, 15) is 14.4 Å². The molecule has 8 heteroatoms. The van der Waals surface area contributed by atoms with Gasteiger partial charge < -0.3 is 25.4 Å². The number of benzene rings is 2. The summed E-state index contributed by atoms with van der Waals surface area (Å²) in [5.41, 5.74) is 5.06. The number of hydrogen-bond acceptors (Lipinski definition) is 4. The summed E-state index contributed by atoms with van der Waals surface area (Å²) < 4.78 is 1.92. The van der Waals surface area contributed by atoms with Crippen molar-refractivity contribution in [1.82, 2.24) is 9.88 Å². The molecule has 6 rings (SSSR count). The summed E-state index contributed by atoms with van der Waals surface area (Å²) in [6.07, 6.45) is 5.27. The number of amides is 3. The van der Waals surface area contributed by atoms with Gasteiger partial charge in [-0.05, 0) is 79.0 Å². The molecular weight excluding hydrogens is 538 g/mol. The van der Waals surface area contributed by atoms with E-state index in [1.165, 1.54) is 12.0 Å². The lowest BCUT2D eigenvalue weighted by molar-refractivity contribution is 0.0891. The highest BCUT2D eigenvalue weighted by Crippen LogP contribution is 2.39. The van der Waals surface area contributed by atoms with Crippen LogP contribution in [0.2, 0.25) is 0 Å². The van der Waals surface area contributed by atoms with E-state index < -0.39 is 0 Å². The van der Waals surface area contributed by atoms with Crippen LogP contribution in [0.3, 0.4) is 0 Å². The minimum Gasteiger partial charge on any atom is -0.369 e. The number of nitrogens with one attached hydrogen (secondary N) is 3. The first kappa shape index (κ1) is 29.0. The average Bonchev–Trinajstić information content (AvgIpc) is 3.00. The van der Waals surface area contributed by atoms with Gasteiger partial charge in [-0.3, -0.25) is 9.59 Å². The van der Waals surface area contributed by atoms with Gasteiger partial charge in [-0.1, -0.05) is 51.8 Å². The molecule has 1 aliphatic carbocycles. The Balaban J connectivity index is 1.27. The van der Waals surface area contributed by atoms with E-state index in [1.54, 1.807) is 6.07 Å². The van der Waals surface area contributed by atoms with Gasteiger partial charge in [0.05, 0.1) is 11.4 Å². The number of fused-ring (bicyclic) bond motifs is 4. The SMILES string of the molecule is CCc1ccc(NC(=O)Nc2cc(C(=O)N[C@@H]3CCC[C@@H](C)[C@@H]3C)ccc2N2C[C@H]3C[C@@H](C2)c2cccc(=O)n2C3)cc1. The number of piperidine rings is 1. The van der Waals surface area contributed by atoms with Gasteiger partial charge in [0, 0.05) is 54.6 Å². The molecule has 1 saturated carbocycles. The Kier molecular flexibility index (Phi) is 8.28. The molecule has 0 spiro atoms. The summed E-state index contributed by atoms with van der Waals surface area (Å²) in [7, 11) is 0. The number of aryl methyl sites for hydroxylation is 1. The number of nitrogens with zero attached hydrogens (tertiary/aromatic N) is 2. The van der Waals surface area contributed by atoms with E-state index >= 15 is 0 Å². The molecule has 3 N–H and O–H groups in total. The molecule has 226 valence electrons. The van der Waals surface area contributed by atoms with Crippen molar-refractivity contribution in [2.75, 3.05) is 28.6 Å². The van der Waals surface area contributed by atoms with Crippen LogP contribution in [0.25, 0.3) is 0 Å². The van der Waals surface area contributed by atoms with Crippen molar-refractivity contribution < 1.29 is 9.59 Å². The third kappa shape index (κ3) is 6.19. The van der Waals surface area contributed by atoms with Crippen molar-refractivity contribution in [2.45, 2.75) is 71.4 Å². The second-order valence-electron chi connectivity index (χ2n) is 12.8. The fourth-order valence-corrected chi connectivity index (χ4v) is 7.29. The van der Waals surface area contributed by atoms with Crippen molar-refractivity contribution in [2.24, 2.45) is 17.8 Å². The van der Waals surface area contributed by atoms with Crippen LogP contribution in [-0.4, -0.2) is 35.6 Å². The smallest absolute Gasteiger partial charge is 0.323 e. The number of rotatable bonds is 6. The lowest BCUT2D eigenvalue weighted by atomic mass is 9.78. The topological polar surface area (TPSA) is 95.5 Å². The van der Waals surface area contributed by atoms with Crippen LogP contribution in [0.1, 0.15) is 74.0 Å². The molecule has 3 aromatic rings. The van der Waals surface area contributed by atoms with E-state index in [2.05, 4.69) is 47.7 Å². The molecule has 3 amide bonds. The second-order valence-corrected chi connectivity index (χ2v) is 12.8. The molecule has 0 radical (unpaired) electrons. The molecule has 0 unspecified atom stereocenters. The first-order valence-corrected chi connectivity index (χ1v) is 15.9. The highest BCUT2D eigenvalue weighted by Gasteiger charge is 2.35. The Morgan fingerprint density at radius 2 is 1.74 bits per heavy atom. The maximum absolute atomic E-state index is 13.5. The summed E-state index contributed by atoms with van der Waals surface area (Å²) in [5.74, 6) is 1.43. The molecule has 5 atom stereocenters. The Bertz CT molecular complexity index is 1550. The maximum atomic E-state index is 13.5. The third-order valence-corrected chi connectivity index (χ3v) is 9.97. The van der Waals surface area contributed by atoms with Crippen LogP contribution in [0.15, 0.2) is 65.5 Å². The summed E-state index contributed by atoms with van der Waals surface area (Å²) in [6, 6.07) is 18.8. The standard InChI is InChI=1S/C35H43N5O3/c1-4-24-11-14-28(15-12-24)36-35(43)38-30-18-26(34(42)37-29-8-5-7-22(2)23(29)3)13-16-32(30)39-19-25-17-27(21-39)31-9-6-10-33(41)40(31)20-25/h6,9-16,18,22-23,25,27,29H,4-5,7-8,17,19-21H2,1-3H3,(H,37,42)(H2,36,38,43)/t22-,23+,25-,27+,29-/m1/s1. The van der Waals surface area contributed by atoms with Crippen molar-refractivity contribution in [3.05, 3.63) is 87.8 Å². The molecule has 2 fully saturated rings. The zero-order valence-corrected chi connectivity index (χ0v) is 25.4. The predicted octanol–water partition coefficient (Wildman–Crippen LogP) is 6.23. The first-order chi connectivity index (χ1) is 20.8. The number of hydrogen-bond donors (Lipinski definition) is 3. The number of aromatic nitrogens is 1. The number of pyridine rings is 1. The summed E-state index contributed by atoms with van der Waals surface area (Å²) in [5, 5.41) is 9.30. The van der Waals surface area contributed by atoms with Crippen molar-refractivity contribution in [3.63, 3.8) is 0 Å². The van der Waals surface area contributed by atoms with Gasteiger partial charge in [0.25, 0.3) is 11.5 Å². The molecule has 1 aromatic heterocycles. The van der Waals surface area contributed by atoms with Gasteiger partial charge >= 0.3 is 6.03 Å². The molecule has 2 aromatic carbocycles. The van der Waals surface area contributed by atoms with Crippen LogP contribution in [-0.2, 0) is 13.0 Å². The number of anilines is 3. The van der Waals surface area contributed by atoms with Crippen molar-refractivity contribution in [1.29, 1.82) is 0 Å². The van der Waals surface area contributed by atoms with E-state index in [4.69, 9.17) is 0 Å². The van der Waals surface area contributed by atoms with Crippen LogP contribution in [0.4, 0.5) is 21.9 Å². The highest BCUT2D eigenvalue weighted by molar-refractivity contribution is 6.04. The van der Waals surface area contributed by atoms with Crippen LogP contribution in [0, 0.1) is 17.8 Å². The fourth-order valence-electron chi connectivity index (χ4n) is 7.29. The van der Waals surface area contributed by atoms with E-state index in [0.29, 0.717) is 41.2 Å². The quantitative estimate of drug-likeness (QED) is 0.322. The minimum absolute atomic E-state index is 0.0590. The Hall–Kier alpha value is -4.07. The molecular formula is C35H43N5O3. The van der Waals surface area contributed by atoms with E-state index in [1.807, 2.05) is 53.1 Å². The lowest BCUT2D eigenvalue weighted by Gasteiger charge is -2.44. The Morgan fingerprint density at radius 3 is 2.53 bits per heavy atom. The molecule has 43 heavy (non-hydrogen) atoms. The normalized spacial score (nSPS) is 24.5. The number of carbonyl (C=O) groups is 2. The number of urea groups is 1. The van der Waals surface area contributed by atoms with Gasteiger partial charge in [0.2, 0.25) is 0 Å². The molecule has 2 bridgehead atoms. The van der Waals surface area contributed by atoms with Crippen LogP contribution in [0.5, 0.6) is 0 Å². The van der Waals surface area contributed by atoms with Crippen LogP contribution < -0.4 is 26.4 Å². The Labute approximate surface area is 253 Å². The minimum atomic E-state index is -0.355. The van der Waals surface area contributed by atoms with Gasteiger partial charge in [-0.2, -0.15) is 0 Å². The molecule has 3 aliphatic rings. The van der Waals surface area contributed by atoms with E-state index in [0.717, 1.165) is 50.2 Å². The third-order valence-electron chi connectivity index (χ3n) is 9.97. The average molecular weight is 582 g/mol. The van der Waals surface area contributed by atoms with Gasteiger partial charge in [0.15, 0.2) is 0 Å². The first-order valence-electron chi connectivity index (χ1n) is 15.9. The summed E-state index contributed by atoms with van der Waals surface area (Å²) in [4.78, 5) is 41.6. The molecule has 1 saturated heterocycles. The maximum Gasteiger partial charge on any atom is 0.323 e. The van der Waals surface area contributed by atoms with Gasteiger partial charge in [-0.15, -0.1) is 0 Å². The zero-order chi connectivity index (χ0) is 30.1. The number of carbonyl (C=O) groups excluding carboxylic acids is 2. The van der Waals surface area contributed by atoms with Crippen molar-refractivity contribution >= 4 is 29.0 Å². The van der Waals surface area contributed by atoms with Crippen LogP contribution >= 0.6 is 0 Å². The lowest BCUT2D eigenvalue weighted by Crippen LogP contribution is -2.47. The Morgan fingerprint density at radius 1 is 0.930 bits per heavy atom. The monoisotopic (exact) mass is 581 g/mol. The molecule has 3 heterocycles. The van der Waals surface area contributed by atoms with Gasteiger partial charge in [-0.25, -0.2) is 4.79 Å². The predicted molar refractivity (Wildman–Crippen MR) is 172 cm³/mol. The molecule has 2 aliphatic heterocycles. The highest BCUT2D eigenvalue weighted by atomic mass is 16.2. The summed E-state index contributed by atoms with van der Waals surface area (Å²) in [6.45, 7) is 8.78. The fraction of sp³-hybridized carbons (Fsp3) is 0.457. The van der Waals surface area contributed by atoms with Gasteiger partial charge in [0.1, 0.15) is 0 Å².